The van der Waals surface area contributed by atoms with E-state index in [4.69, 9.17) is 11.6 Å². The zero-order valence-electron chi connectivity index (χ0n) is 9.34. The zero-order valence-corrected chi connectivity index (χ0v) is 10.9. The van der Waals surface area contributed by atoms with Gasteiger partial charge in [-0.15, -0.1) is 10.2 Å². The van der Waals surface area contributed by atoms with E-state index in [1.807, 2.05) is 16.2 Å². The van der Waals surface area contributed by atoms with Gasteiger partial charge in [-0.1, -0.05) is 11.6 Å². The van der Waals surface area contributed by atoms with Crippen molar-refractivity contribution in [3.05, 3.63) is 23.4 Å². The largest absolute Gasteiger partial charge is 0.269 e. The lowest BCUT2D eigenvalue weighted by molar-refractivity contribution is 0.474. The van der Waals surface area contributed by atoms with Crippen LogP contribution in [0, 0.1) is 5.92 Å². The fourth-order valence-electron chi connectivity index (χ4n) is 2.17. The number of hydrogen-bond donors (Lipinski definition) is 0. The van der Waals surface area contributed by atoms with Crippen LogP contribution in [-0.4, -0.2) is 31.1 Å². The van der Waals surface area contributed by atoms with Crippen LogP contribution in [0.1, 0.15) is 18.7 Å². The second kappa shape index (κ2) is 4.82. The molecule has 0 amide bonds. The molecule has 90 valence electrons. The number of rotatable bonds is 2. The van der Waals surface area contributed by atoms with E-state index in [2.05, 4.69) is 15.2 Å². The van der Waals surface area contributed by atoms with E-state index in [0.717, 1.165) is 23.8 Å². The lowest BCUT2D eigenvalue weighted by Gasteiger charge is -2.20. The highest BCUT2D eigenvalue weighted by Crippen LogP contribution is 2.25. The highest BCUT2D eigenvalue weighted by atomic mass is 35.5. The molecule has 0 radical (unpaired) electrons. The minimum atomic E-state index is 0.463. The second-order valence-electron chi connectivity index (χ2n) is 4.32. The van der Waals surface area contributed by atoms with Crippen LogP contribution in [0.4, 0.5) is 0 Å². The van der Waals surface area contributed by atoms with E-state index < -0.39 is 0 Å². The molecular formula is C11H13ClN4S. The van der Waals surface area contributed by atoms with Gasteiger partial charge in [-0.3, -0.25) is 4.40 Å². The normalized spacial score (nSPS) is 17.7. The number of thioether (sulfide) groups is 1. The minimum absolute atomic E-state index is 0.463. The van der Waals surface area contributed by atoms with Gasteiger partial charge >= 0.3 is 0 Å². The summed E-state index contributed by atoms with van der Waals surface area (Å²) in [6.45, 7) is 0. The molecule has 1 aliphatic rings. The van der Waals surface area contributed by atoms with Crippen molar-refractivity contribution in [2.75, 3.05) is 11.5 Å². The summed E-state index contributed by atoms with van der Waals surface area (Å²) in [7, 11) is 0. The second-order valence-corrected chi connectivity index (χ2v) is 5.93. The molecule has 1 fully saturated rings. The van der Waals surface area contributed by atoms with Crippen LogP contribution in [0.25, 0.3) is 5.65 Å². The molecule has 0 aliphatic carbocycles. The first kappa shape index (κ1) is 11.3. The maximum absolute atomic E-state index is 5.82. The summed E-state index contributed by atoms with van der Waals surface area (Å²) >= 11 is 7.87. The Morgan fingerprint density at radius 3 is 3.00 bits per heavy atom. The predicted octanol–water partition coefficient (Wildman–Crippen LogP) is 2.46. The number of hydrogen-bond acceptors (Lipinski definition) is 4. The summed E-state index contributed by atoms with van der Waals surface area (Å²) in [5, 5.41) is 8.83. The lowest BCUT2D eigenvalue weighted by Crippen LogP contribution is -2.14. The van der Waals surface area contributed by atoms with E-state index in [9.17, 15) is 0 Å². The molecule has 0 bridgehead atoms. The van der Waals surface area contributed by atoms with Gasteiger partial charge in [0.15, 0.2) is 5.65 Å². The molecule has 0 aromatic carbocycles. The average Bonchev–Trinajstić information content (AvgIpc) is 2.73. The Balaban J connectivity index is 1.84. The van der Waals surface area contributed by atoms with Gasteiger partial charge in [-0.25, -0.2) is 4.98 Å². The molecule has 6 heteroatoms. The van der Waals surface area contributed by atoms with Crippen LogP contribution in [0.5, 0.6) is 0 Å². The van der Waals surface area contributed by atoms with Gasteiger partial charge < -0.3 is 0 Å². The van der Waals surface area contributed by atoms with Crippen molar-refractivity contribution in [2.24, 2.45) is 5.92 Å². The summed E-state index contributed by atoms with van der Waals surface area (Å²) in [5.74, 6) is 4.28. The Hall–Kier alpha value is -0.810. The van der Waals surface area contributed by atoms with Crippen molar-refractivity contribution in [2.45, 2.75) is 19.3 Å². The van der Waals surface area contributed by atoms with Crippen LogP contribution in [0.3, 0.4) is 0 Å². The average molecular weight is 269 g/mol. The number of aromatic nitrogens is 4. The molecular weight excluding hydrogens is 256 g/mol. The van der Waals surface area contributed by atoms with Gasteiger partial charge in [0.05, 0.1) is 0 Å². The third kappa shape index (κ3) is 2.40. The van der Waals surface area contributed by atoms with E-state index in [-0.39, 0.29) is 0 Å². The first-order valence-electron chi connectivity index (χ1n) is 5.76. The van der Waals surface area contributed by atoms with Crippen LogP contribution in [-0.2, 0) is 6.42 Å². The molecule has 3 rings (SSSR count). The summed E-state index contributed by atoms with van der Waals surface area (Å²) in [5.41, 5.74) is 0.783. The number of nitrogens with zero attached hydrogens (tertiary/aromatic N) is 4. The fraction of sp³-hybridized carbons (Fsp3) is 0.545. The zero-order chi connectivity index (χ0) is 11.7. The monoisotopic (exact) mass is 268 g/mol. The number of fused-ring (bicyclic) bond motifs is 1. The van der Waals surface area contributed by atoms with E-state index in [1.165, 1.54) is 24.3 Å². The quantitative estimate of drug-likeness (QED) is 0.785. The maximum atomic E-state index is 5.82. The van der Waals surface area contributed by atoms with Crippen molar-refractivity contribution in [3.63, 3.8) is 0 Å². The molecule has 0 N–H and O–H groups in total. The SMILES string of the molecule is Clc1cc2nnc(CC3CCSCC3)n2cn1. The summed E-state index contributed by atoms with van der Waals surface area (Å²) < 4.78 is 1.94. The molecule has 0 saturated carbocycles. The molecule has 0 spiro atoms. The molecule has 4 nitrogen and oxygen atoms in total. The van der Waals surface area contributed by atoms with E-state index >= 15 is 0 Å². The van der Waals surface area contributed by atoms with Crippen LogP contribution in [0.15, 0.2) is 12.4 Å². The molecule has 17 heavy (non-hydrogen) atoms. The highest BCUT2D eigenvalue weighted by Gasteiger charge is 2.17. The van der Waals surface area contributed by atoms with Gasteiger partial charge in [0.2, 0.25) is 0 Å². The standard InChI is InChI=1S/C11H13ClN4S/c12-9-6-11-15-14-10(16(11)7-13-9)5-8-1-3-17-4-2-8/h6-8H,1-5H2. The van der Waals surface area contributed by atoms with Crippen LogP contribution < -0.4 is 0 Å². The summed E-state index contributed by atoms with van der Waals surface area (Å²) in [4.78, 5) is 4.08. The molecule has 3 heterocycles. The summed E-state index contributed by atoms with van der Waals surface area (Å²) in [6.07, 6.45) is 5.26. The molecule has 0 atom stereocenters. The lowest BCUT2D eigenvalue weighted by atomic mass is 9.99. The Morgan fingerprint density at radius 1 is 1.35 bits per heavy atom. The van der Waals surface area contributed by atoms with Crippen LogP contribution in [0.2, 0.25) is 5.15 Å². The third-order valence-electron chi connectivity index (χ3n) is 3.15. The molecule has 2 aromatic rings. The Labute approximate surface area is 109 Å². The molecule has 1 aliphatic heterocycles. The van der Waals surface area contributed by atoms with Crippen molar-refractivity contribution in [1.82, 2.24) is 19.6 Å². The molecule has 0 unspecified atom stereocenters. The van der Waals surface area contributed by atoms with Gasteiger partial charge in [0, 0.05) is 12.5 Å². The minimum Gasteiger partial charge on any atom is -0.269 e. The van der Waals surface area contributed by atoms with E-state index in [1.54, 1.807) is 12.4 Å². The Bertz CT molecular complexity index is 521. The fourth-order valence-corrected chi connectivity index (χ4v) is 3.51. The van der Waals surface area contributed by atoms with Crippen molar-refractivity contribution >= 4 is 29.0 Å². The van der Waals surface area contributed by atoms with E-state index in [0.29, 0.717) is 5.15 Å². The Kier molecular flexibility index (Phi) is 3.20. The molecule has 1 saturated heterocycles. The van der Waals surface area contributed by atoms with Gasteiger partial charge in [-0.05, 0) is 30.3 Å². The van der Waals surface area contributed by atoms with Crippen LogP contribution >= 0.6 is 23.4 Å². The topological polar surface area (TPSA) is 43.1 Å². The molecule has 2 aromatic heterocycles. The maximum Gasteiger partial charge on any atom is 0.165 e. The van der Waals surface area contributed by atoms with Crippen molar-refractivity contribution in [1.29, 1.82) is 0 Å². The Morgan fingerprint density at radius 2 is 2.18 bits per heavy atom. The first-order valence-corrected chi connectivity index (χ1v) is 7.29. The van der Waals surface area contributed by atoms with Gasteiger partial charge in [0.25, 0.3) is 0 Å². The van der Waals surface area contributed by atoms with Crippen molar-refractivity contribution in [3.8, 4) is 0 Å². The highest BCUT2D eigenvalue weighted by molar-refractivity contribution is 7.99. The van der Waals surface area contributed by atoms with Crippen molar-refractivity contribution < 1.29 is 0 Å². The van der Waals surface area contributed by atoms with Gasteiger partial charge in [0.1, 0.15) is 17.3 Å². The first-order chi connectivity index (χ1) is 8.33. The predicted molar refractivity (Wildman–Crippen MR) is 69.5 cm³/mol. The smallest absolute Gasteiger partial charge is 0.165 e. The summed E-state index contributed by atoms with van der Waals surface area (Å²) in [6, 6.07) is 1.74. The van der Waals surface area contributed by atoms with Gasteiger partial charge in [-0.2, -0.15) is 11.8 Å². The third-order valence-corrected chi connectivity index (χ3v) is 4.41. The number of halogens is 1.